The van der Waals surface area contributed by atoms with Gasteiger partial charge in [0.15, 0.2) is 5.82 Å². The fraction of sp³-hybridized carbons (Fsp3) is 0.625. The highest BCUT2D eigenvalue weighted by atomic mass is 32.2. The van der Waals surface area contributed by atoms with Crippen LogP contribution in [0, 0.1) is 16.6 Å². The molecule has 2 saturated carbocycles. The maximum Gasteiger partial charge on any atom is 0.416 e. The van der Waals surface area contributed by atoms with E-state index in [2.05, 4.69) is 10.1 Å². The average Bonchev–Trinajstić information content (AvgIpc) is 3.46. The van der Waals surface area contributed by atoms with E-state index >= 15 is 0 Å². The molecule has 7 rings (SSSR count). The molecule has 38 heavy (non-hydrogen) atoms. The van der Waals surface area contributed by atoms with Crippen molar-refractivity contribution in [3.8, 4) is 0 Å². The molecule has 204 valence electrons. The molecule has 5 aliphatic rings. The van der Waals surface area contributed by atoms with E-state index in [0.717, 1.165) is 35.8 Å². The molecule has 1 aromatic heterocycles. The molecule has 4 heterocycles. The van der Waals surface area contributed by atoms with Gasteiger partial charge in [0, 0.05) is 56.0 Å². The van der Waals surface area contributed by atoms with Crippen LogP contribution in [-0.2, 0) is 16.2 Å². The summed E-state index contributed by atoms with van der Waals surface area (Å²) in [6.45, 7) is 2.34. The van der Waals surface area contributed by atoms with Crippen molar-refractivity contribution in [2.75, 3.05) is 39.3 Å². The number of nitrogens with zero attached hydrogens (tertiary/aromatic N) is 6. The number of hydrogen-bond donors (Lipinski definition) is 0. The number of sulfonamides is 1. The summed E-state index contributed by atoms with van der Waals surface area (Å²) in [6, 6.07) is 1.59. The van der Waals surface area contributed by atoms with Gasteiger partial charge in [-0.3, -0.25) is 0 Å². The molecular formula is C24H26F4N6O3S. The number of likely N-dealkylation sites (tertiary alicyclic amines) is 2. The second-order valence-corrected chi connectivity index (χ2v) is 13.8. The number of carbonyl (C=O) groups excluding carboxylic acids is 1. The Hall–Kier alpha value is -2.74. The molecule has 0 N–H and O–H groups in total. The number of aromatic nitrogens is 3. The van der Waals surface area contributed by atoms with Gasteiger partial charge in [0.1, 0.15) is 12.1 Å². The highest BCUT2D eigenvalue weighted by molar-refractivity contribution is 7.89. The van der Waals surface area contributed by atoms with Crippen LogP contribution in [0.25, 0.3) is 0 Å². The zero-order chi connectivity index (χ0) is 26.7. The minimum absolute atomic E-state index is 0.0669. The van der Waals surface area contributed by atoms with Crippen LogP contribution in [0.1, 0.15) is 49.0 Å². The summed E-state index contributed by atoms with van der Waals surface area (Å²) in [7, 11) is -4.27. The van der Waals surface area contributed by atoms with Crippen molar-refractivity contribution < 1.29 is 30.8 Å². The fourth-order valence-corrected chi connectivity index (χ4v) is 8.19. The van der Waals surface area contributed by atoms with Gasteiger partial charge in [-0.25, -0.2) is 27.3 Å². The van der Waals surface area contributed by atoms with Crippen molar-refractivity contribution in [1.29, 1.82) is 0 Å². The Labute approximate surface area is 216 Å². The van der Waals surface area contributed by atoms with E-state index in [-0.39, 0.29) is 30.6 Å². The van der Waals surface area contributed by atoms with Gasteiger partial charge in [-0.2, -0.15) is 22.6 Å². The molecule has 14 heteroatoms. The van der Waals surface area contributed by atoms with E-state index in [1.165, 1.54) is 0 Å². The summed E-state index contributed by atoms with van der Waals surface area (Å²) in [5.41, 5.74) is -1.61. The lowest BCUT2D eigenvalue weighted by atomic mass is 9.60. The minimum Gasteiger partial charge on any atom is -0.323 e. The minimum atomic E-state index is -4.86. The van der Waals surface area contributed by atoms with Gasteiger partial charge >= 0.3 is 12.2 Å². The number of urea groups is 1. The maximum atomic E-state index is 13.7. The van der Waals surface area contributed by atoms with Crippen LogP contribution in [0.5, 0.6) is 0 Å². The summed E-state index contributed by atoms with van der Waals surface area (Å²) in [5, 5.41) is 4.62. The molecule has 3 aliphatic heterocycles. The van der Waals surface area contributed by atoms with Crippen LogP contribution in [0.15, 0.2) is 29.4 Å². The van der Waals surface area contributed by atoms with E-state index in [1.54, 1.807) is 4.90 Å². The molecule has 2 aliphatic carbocycles. The topological polar surface area (TPSA) is 91.6 Å². The van der Waals surface area contributed by atoms with Crippen molar-refractivity contribution in [3.05, 3.63) is 41.7 Å². The Balaban J connectivity index is 0.900. The summed E-state index contributed by atoms with van der Waals surface area (Å²) in [6.07, 6.45) is 1.23. The molecule has 0 atom stereocenters. The van der Waals surface area contributed by atoms with Crippen molar-refractivity contribution in [3.63, 3.8) is 0 Å². The normalized spacial score (nSPS) is 24.6. The van der Waals surface area contributed by atoms with Gasteiger partial charge in [-0.05, 0) is 43.9 Å². The van der Waals surface area contributed by atoms with Gasteiger partial charge in [-0.1, -0.05) is 0 Å². The van der Waals surface area contributed by atoms with E-state index in [4.69, 9.17) is 0 Å². The first kappa shape index (κ1) is 24.3. The SMILES string of the molecule is O=C(N1CC2(CC(n3cnc(C4CC4)n3)C2)C1)N1CC2(C1)CN(S(=O)(=O)c1cc(F)cc(C(F)(F)F)c1)C2. The summed E-state index contributed by atoms with van der Waals surface area (Å²) in [5.74, 6) is 0.198. The molecule has 1 aromatic carbocycles. The lowest BCUT2D eigenvalue weighted by molar-refractivity contribution is -0.137. The van der Waals surface area contributed by atoms with E-state index in [1.807, 2.05) is 15.9 Å². The van der Waals surface area contributed by atoms with E-state index in [0.29, 0.717) is 50.3 Å². The Morgan fingerprint density at radius 3 is 2.18 bits per heavy atom. The lowest BCUT2D eigenvalue weighted by Gasteiger charge is -2.63. The first-order chi connectivity index (χ1) is 17.8. The molecule has 0 radical (unpaired) electrons. The zero-order valence-electron chi connectivity index (χ0n) is 20.4. The van der Waals surface area contributed by atoms with Crippen molar-refractivity contribution in [2.45, 2.75) is 48.7 Å². The van der Waals surface area contributed by atoms with Crippen LogP contribution in [-0.4, -0.2) is 82.6 Å². The average molecular weight is 555 g/mol. The monoisotopic (exact) mass is 554 g/mol. The number of carbonyl (C=O) groups is 1. The molecule has 2 amide bonds. The molecule has 0 unspecified atom stereocenters. The van der Waals surface area contributed by atoms with Crippen LogP contribution >= 0.6 is 0 Å². The first-order valence-corrected chi connectivity index (χ1v) is 14.1. The van der Waals surface area contributed by atoms with E-state index in [9.17, 15) is 30.8 Å². The number of halogens is 4. The Bertz CT molecular complexity index is 1410. The smallest absolute Gasteiger partial charge is 0.323 e. The Morgan fingerprint density at radius 1 is 0.947 bits per heavy atom. The zero-order valence-corrected chi connectivity index (χ0v) is 21.2. The number of amides is 2. The maximum absolute atomic E-state index is 13.7. The standard InChI is InChI=1S/C24H26F4N6O3S/c25-17-3-16(24(26,27)28)4-19(5-17)38(36,37)33-12-23(13-33)10-32(11-23)21(35)31-8-22(9-31)6-18(7-22)34-14-29-20(30-34)15-1-2-15/h3-5,14-15,18H,1-2,6-13H2. The molecular weight excluding hydrogens is 528 g/mol. The number of benzene rings is 1. The third-order valence-electron chi connectivity index (χ3n) is 8.69. The second-order valence-electron chi connectivity index (χ2n) is 11.9. The van der Waals surface area contributed by atoms with Crippen LogP contribution in [0.4, 0.5) is 22.4 Å². The van der Waals surface area contributed by atoms with Gasteiger partial charge in [-0.15, -0.1) is 0 Å². The summed E-state index contributed by atoms with van der Waals surface area (Å²) in [4.78, 5) is 20.1. The number of hydrogen-bond acceptors (Lipinski definition) is 5. The highest BCUT2D eigenvalue weighted by Crippen LogP contribution is 2.55. The third kappa shape index (κ3) is 3.81. The molecule has 2 spiro atoms. The Morgan fingerprint density at radius 2 is 1.58 bits per heavy atom. The lowest BCUT2D eigenvalue weighted by Crippen LogP contribution is -2.76. The fourth-order valence-electron chi connectivity index (χ4n) is 6.47. The summed E-state index contributed by atoms with van der Waals surface area (Å²) < 4.78 is 81.5. The van der Waals surface area contributed by atoms with Gasteiger partial charge < -0.3 is 9.80 Å². The van der Waals surface area contributed by atoms with Gasteiger partial charge in [0.2, 0.25) is 10.0 Å². The Kier molecular flexibility index (Phi) is 4.91. The molecule has 9 nitrogen and oxygen atoms in total. The molecule has 5 fully saturated rings. The van der Waals surface area contributed by atoms with E-state index < -0.39 is 37.9 Å². The van der Waals surface area contributed by atoms with Crippen molar-refractivity contribution in [1.82, 2.24) is 28.9 Å². The van der Waals surface area contributed by atoms with Gasteiger partial charge in [0.05, 0.1) is 16.5 Å². The quantitative estimate of drug-likeness (QED) is 0.542. The van der Waals surface area contributed by atoms with Crippen molar-refractivity contribution >= 4 is 16.1 Å². The predicted molar refractivity (Wildman–Crippen MR) is 124 cm³/mol. The van der Waals surface area contributed by atoms with Crippen LogP contribution in [0.3, 0.4) is 0 Å². The highest BCUT2D eigenvalue weighted by Gasteiger charge is 2.60. The predicted octanol–water partition coefficient (Wildman–Crippen LogP) is 3.08. The largest absolute Gasteiger partial charge is 0.416 e. The second kappa shape index (κ2) is 7.68. The van der Waals surface area contributed by atoms with Gasteiger partial charge in [0.25, 0.3) is 0 Å². The molecule has 2 aromatic rings. The summed E-state index contributed by atoms with van der Waals surface area (Å²) >= 11 is 0. The molecule has 3 saturated heterocycles. The number of alkyl halides is 3. The van der Waals surface area contributed by atoms with Crippen molar-refractivity contribution in [2.24, 2.45) is 10.8 Å². The van der Waals surface area contributed by atoms with Crippen LogP contribution < -0.4 is 0 Å². The number of rotatable bonds is 4. The van der Waals surface area contributed by atoms with Crippen LogP contribution in [0.2, 0.25) is 0 Å². The molecule has 0 bridgehead atoms. The first-order valence-electron chi connectivity index (χ1n) is 12.7. The third-order valence-corrected chi connectivity index (χ3v) is 10.5.